The fourth-order valence-corrected chi connectivity index (χ4v) is 1.73. The van der Waals surface area contributed by atoms with E-state index in [2.05, 4.69) is 10.1 Å². The van der Waals surface area contributed by atoms with Crippen LogP contribution in [0.1, 0.15) is 16.2 Å². The molecule has 0 aliphatic carbocycles. The molecule has 0 aromatic carbocycles. The highest BCUT2D eigenvalue weighted by molar-refractivity contribution is 5.86. The van der Waals surface area contributed by atoms with E-state index in [9.17, 15) is 4.79 Å². The van der Waals surface area contributed by atoms with Crippen LogP contribution in [0.4, 0.5) is 0 Å². The number of carboxylic acids is 1. The number of fused-ring (bicyclic) bond motifs is 1. The Balaban J connectivity index is 2.22. The van der Waals surface area contributed by atoms with Crippen LogP contribution in [0.2, 0.25) is 0 Å². The van der Waals surface area contributed by atoms with Crippen LogP contribution in [0.5, 0.6) is 0 Å². The minimum atomic E-state index is -1.05. The number of nitrogens with zero attached hydrogens (tertiary/aromatic N) is 3. The van der Waals surface area contributed by atoms with Crippen molar-refractivity contribution in [3.63, 3.8) is 0 Å². The van der Waals surface area contributed by atoms with Crippen LogP contribution >= 0.6 is 0 Å². The second-order valence-corrected chi connectivity index (χ2v) is 3.83. The summed E-state index contributed by atoms with van der Waals surface area (Å²) in [4.78, 5) is 15.3. The molecule has 0 fully saturated rings. The molecule has 0 atom stereocenters. The van der Waals surface area contributed by atoms with Gasteiger partial charge in [0.2, 0.25) is 5.82 Å². The number of hydrogen-bond acceptors (Lipinski definition) is 4. The number of rotatable bonds is 2. The Morgan fingerprint density at radius 1 is 1.33 bits per heavy atom. The number of aromatic carboxylic acids is 1. The molecule has 3 aromatic heterocycles. The third kappa shape index (κ3) is 1.55. The van der Waals surface area contributed by atoms with Crippen LogP contribution < -0.4 is 0 Å². The molecule has 0 unspecified atom stereocenters. The maximum Gasteiger partial charge on any atom is 0.354 e. The summed E-state index contributed by atoms with van der Waals surface area (Å²) in [6, 6.07) is 8.36. The van der Waals surface area contributed by atoms with Gasteiger partial charge >= 0.3 is 5.97 Å². The summed E-state index contributed by atoms with van der Waals surface area (Å²) in [5.74, 6) is 0.597. The van der Waals surface area contributed by atoms with Crippen molar-refractivity contribution in [1.82, 2.24) is 14.6 Å². The molecular formula is C12H9N3O3. The van der Waals surface area contributed by atoms with Gasteiger partial charge in [0.1, 0.15) is 5.76 Å². The third-order valence-electron chi connectivity index (χ3n) is 2.54. The zero-order valence-corrected chi connectivity index (χ0v) is 9.49. The fraction of sp³-hybridized carbons (Fsp3) is 0.0833. The molecule has 0 aliphatic rings. The number of hydrogen-bond donors (Lipinski definition) is 1. The van der Waals surface area contributed by atoms with Crippen LogP contribution in [0.25, 0.3) is 17.2 Å². The topological polar surface area (TPSA) is 80.6 Å². The van der Waals surface area contributed by atoms with E-state index in [1.807, 2.05) is 6.92 Å². The summed E-state index contributed by atoms with van der Waals surface area (Å²) in [5.41, 5.74) is 0.536. The highest BCUT2D eigenvalue weighted by atomic mass is 16.4. The van der Waals surface area contributed by atoms with Crippen molar-refractivity contribution in [3.05, 3.63) is 41.8 Å². The Kier molecular flexibility index (Phi) is 2.16. The molecule has 0 radical (unpaired) electrons. The summed E-state index contributed by atoms with van der Waals surface area (Å²) in [5, 5.41) is 13.2. The normalized spacial score (nSPS) is 10.9. The van der Waals surface area contributed by atoms with E-state index >= 15 is 0 Å². The molecule has 6 heteroatoms. The van der Waals surface area contributed by atoms with E-state index in [1.165, 1.54) is 10.6 Å². The molecule has 90 valence electrons. The van der Waals surface area contributed by atoms with Crippen molar-refractivity contribution >= 4 is 11.6 Å². The van der Waals surface area contributed by atoms with E-state index in [-0.39, 0.29) is 5.69 Å². The standard InChI is InChI=1S/C12H9N3O3/c1-7-5-6-9(18-7)11-13-10-4-2-3-8(12(16)17)15(10)14-11/h2-6H,1H3,(H,16,17). The van der Waals surface area contributed by atoms with E-state index in [0.29, 0.717) is 17.2 Å². The lowest BCUT2D eigenvalue weighted by atomic mass is 10.3. The summed E-state index contributed by atoms with van der Waals surface area (Å²) >= 11 is 0. The first-order chi connectivity index (χ1) is 8.65. The first-order valence-corrected chi connectivity index (χ1v) is 5.31. The molecule has 0 spiro atoms. The minimum Gasteiger partial charge on any atom is -0.477 e. The SMILES string of the molecule is Cc1ccc(-c2nc3cccc(C(=O)O)n3n2)o1. The van der Waals surface area contributed by atoms with E-state index in [1.54, 1.807) is 24.3 Å². The Bertz CT molecular complexity index is 742. The summed E-state index contributed by atoms with van der Waals surface area (Å²) in [7, 11) is 0. The van der Waals surface area contributed by atoms with Gasteiger partial charge in [-0.3, -0.25) is 0 Å². The zero-order valence-electron chi connectivity index (χ0n) is 9.49. The smallest absolute Gasteiger partial charge is 0.354 e. The first-order valence-electron chi connectivity index (χ1n) is 5.31. The van der Waals surface area contributed by atoms with E-state index in [4.69, 9.17) is 9.52 Å². The lowest BCUT2D eigenvalue weighted by molar-refractivity contribution is 0.0687. The second kappa shape index (κ2) is 3.69. The number of carboxylic acid groups (broad SMARTS) is 1. The summed E-state index contributed by atoms with van der Waals surface area (Å²) in [6.07, 6.45) is 0. The molecule has 18 heavy (non-hydrogen) atoms. The van der Waals surface area contributed by atoms with Crippen LogP contribution in [-0.2, 0) is 0 Å². The van der Waals surface area contributed by atoms with Gasteiger partial charge in [0.05, 0.1) is 0 Å². The van der Waals surface area contributed by atoms with Gasteiger partial charge in [-0.05, 0) is 31.2 Å². The van der Waals surface area contributed by atoms with Gasteiger partial charge in [-0.2, -0.15) is 0 Å². The molecule has 3 aromatic rings. The second-order valence-electron chi connectivity index (χ2n) is 3.83. The third-order valence-corrected chi connectivity index (χ3v) is 2.54. The van der Waals surface area contributed by atoms with Crippen LogP contribution in [0.15, 0.2) is 34.7 Å². The van der Waals surface area contributed by atoms with Gasteiger partial charge in [-0.15, -0.1) is 5.10 Å². The van der Waals surface area contributed by atoms with Crippen molar-refractivity contribution in [2.75, 3.05) is 0 Å². The molecule has 6 nitrogen and oxygen atoms in total. The summed E-state index contributed by atoms with van der Waals surface area (Å²) < 4.78 is 6.70. The number of furan rings is 1. The van der Waals surface area contributed by atoms with Crippen LogP contribution in [-0.4, -0.2) is 25.7 Å². The maximum atomic E-state index is 11.1. The van der Waals surface area contributed by atoms with Gasteiger partial charge in [0.15, 0.2) is 17.1 Å². The quantitative estimate of drug-likeness (QED) is 0.744. The molecule has 1 N–H and O–H groups in total. The van der Waals surface area contributed by atoms with Crippen molar-refractivity contribution in [2.45, 2.75) is 6.92 Å². The largest absolute Gasteiger partial charge is 0.477 e. The van der Waals surface area contributed by atoms with Gasteiger partial charge in [-0.25, -0.2) is 14.3 Å². The molecule has 0 saturated heterocycles. The van der Waals surface area contributed by atoms with Crippen molar-refractivity contribution in [3.8, 4) is 11.6 Å². The lowest BCUT2D eigenvalue weighted by Crippen LogP contribution is -2.05. The molecule has 3 rings (SSSR count). The molecular weight excluding hydrogens is 234 g/mol. The predicted octanol–water partition coefficient (Wildman–Crippen LogP) is 2.00. The number of aromatic nitrogens is 3. The molecule has 0 amide bonds. The maximum absolute atomic E-state index is 11.1. The molecule has 3 heterocycles. The fourth-order valence-electron chi connectivity index (χ4n) is 1.73. The molecule has 0 aliphatic heterocycles. The predicted molar refractivity (Wildman–Crippen MR) is 62.4 cm³/mol. The summed E-state index contributed by atoms with van der Waals surface area (Å²) in [6.45, 7) is 1.82. The molecule has 0 bridgehead atoms. The Labute approximate surface area is 101 Å². The van der Waals surface area contributed by atoms with Gasteiger partial charge in [-0.1, -0.05) is 6.07 Å². The van der Waals surface area contributed by atoms with Crippen molar-refractivity contribution in [1.29, 1.82) is 0 Å². The highest BCUT2D eigenvalue weighted by Crippen LogP contribution is 2.19. The number of aryl methyl sites for hydroxylation is 1. The van der Waals surface area contributed by atoms with E-state index in [0.717, 1.165) is 5.76 Å². The highest BCUT2D eigenvalue weighted by Gasteiger charge is 2.14. The monoisotopic (exact) mass is 243 g/mol. The lowest BCUT2D eigenvalue weighted by Gasteiger charge is -1.96. The zero-order chi connectivity index (χ0) is 12.7. The number of pyridine rings is 1. The van der Waals surface area contributed by atoms with Gasteiger partial charge in [0.25, 0.3) is 0 Å². The average Bonchev–Trinajstić information content (AvgIpc) is 2.93. The first kappa shape index (κ1) is 10.5. The Hall–Kier alpha value is -2.63. The van der Waals surface area contributed by atoms with Crippen LogP contribution in [0, 0.1) is 6.92 Å². The molecule has 0 saturated carbocycles. The minimum absolute atomic E-state index is 0.0644. The van der Waals surface area contributed by atoms with Crippen molar-refractivity contribution in [2.24, 2.45) is 0 Å². The Morgan fingerprint density at radius 3 is 2.83 bits per heavy atom. The van der Waals surface area contributed by atoms with Crippen LogP contribution in [0.3, 0.4) is 0 Å². The van der Waals surface area contributed by atoms with Gasteiger partial charge in [0, 0.05) is 0 Å². The van der Waals surface area contributed by atoms with E-state index < -0.39 is 5.97 Å². The Morgan fingerprint density at radius 2 is 2.17 bits per heavy atom. The average molecular weight is 243 g/mol. The van der Waals surface area contributed by atoms with Gasteiger partial charge < -0.3 is 9.52 Å². The number of carbonyl (C=O) groups is 1. The van der Waals surface area contributed by atoms with Crippen molar-refractivity contribution < 1.29 is 14.3 Å².